The lowest BCUT2D eigenvalue weighted by molar-refractivity contribution is -0.132. The number of para-hydroxylation sites is 1. The summed E-state index contributed by atoms with van der Waals surface area (Å²) in [6.07, 6.45) is 0. The monoisotopic (exact) mass is 469 g/mol. The summed E-state index contributed by atoms with van der Waals surface area (Å²) in [5.41, 5.74) is 3.46. The second-order valence-corrected chi connectivity index (χ2v) is 9.76. The number of rotatable bonds is 5. The number of aliphatic hydroxyl groups is 1. The summed E-state index contributed by atoms with van der Waals surface area (Å²) in [5, 5.41) is 11.5. The summed E-state index contributed by atoms with van der Waals surface area (Å²) < 4.78 is 5.81. The van der Waals surface area contributed by atoms with E-state index in [-0.39, 0.29) is 16.7 Å². The molecule has 0 aliphatic carbocycles. The first kappa shape index (κ1) is 24.3. The summed E-state index contributed by atoms with van der Waals surface area (Å²) in [4.78, 5) is 28.3. The van der Waals surface area contributed by atoms with E-state index < -0.39 is 17.7 Å². The van der Waals surface area contributed by atoms with Crippen molar-refractivity contribution in [2.24, 2.45) is 0 Å². The standard InChI is InChI=1S/C30H31NO4/c1-6-35-24-17-16-21(18-22(24)30(3,4)5)27(32)25-26(20-13-8-7-9-14-20)31(29(34)28(25)33)23-15-11-10-12-19(23)2/h7-18,26,32H,6H2,1-5H3/b27-25-. The largest absolute Gasteiger partial charge is 0.507 e. The molecule has 1 fully saturated rings. The van der Waals surface area contributed by atoms with E-state index in [0.29, 0.717) is 17.9 Å². The van der Waals surface area contributed by atoms with Crippen molar-refractivity contribution in [3.8, 4) is 5.75 Å². The fourth-order valence-corrected chi connectivity index (χ4v) is 4.57. The molecule has 0 radical (unpaired) electrons. The van der Waals surface area contributed by atoms with Crippen LogP contribution in [0.2, 0.25) is 0 Å². The summed E-state index contributed by atoms with van der Waals surface area (Å²) in [6.45, 7) is 10.5. The van der Waals surface area contributed by atoms with Crippen LogP contribution in [0.1, 0.15) is 56.0 Å². The first-order valence-electron chi connectivity index (χ1n) is 11.8. The minimum absolute atomic E-state index is 0.0773. The van der Waals surface area contributed by atoms with E-state index in [0.717, 1.165) is 22.4 Å². The second kappa shape index (κ2) is 9.41. The summed E-state index contributed by atoms with van der Waals surface area (Å²) >= 11 is 0. The zero-order valence-corrected chi connectivity index (χ0v) is 20.8. The highest BCUT2D eigenvalue weighted by Gasteiger charge is 2.47. The molecular formula is C30H31NO4. The van der Waals surface area contributed by atoms with Crippen molar-refractivity contribution in [2.75, 3.05) is 11.5 Å². The van der Waals surface area contributed by atoms with Crippen LogP contribution >= 0.6 is 0 Å². The van der Waals surface area contributed by atoms with Crippen LogP contribution < -0.4 is 9.64 Å². The van der Waals surface area contributed by atoms with Gasteiger partial charge in [-0.1, -0.05) is 69.3 Å². The lowest BCUT2D eigenvalue weighted by Crippen LogP contribution is -2.30. The predicted molar refractivity (Wildman–Crippen MR) is 139 cm³/mol. The Kier molecular flexibility index (Phi) is 6.53. The molecule has 0 aromatic heterocycles. The van der Waals surface area contributed by atoms with Gasteiger partial charge in [-0.05, 0) is 54.7 Å². The molecule has 1 N–H and O–H groups in total. The fraction of sp³-hybridized carbons (Fsp3) is 0.267. The van der Waals surface area contributed by atoms with Crippen molar-refractivity contribution in [3.63, 3.8) is 0 Å². The lowest BCUT2D eigenvalue weighted by Gasteiger charge is -2.27. The van der Waals surface area contributed by atoms with Gasteiger partial charge in [0.05, 0.1) is 18.2 Å². The third kappa shape index (κ3) is 4.46. The molecule has 5 nitrogen and oxygen atoms in total. The third-order valence-corrected chi connectivity index (χ3v) is 6.30. The van der Waals surface area contributed by atoms with Gasteiger partial charge in [-0.25, -0.2) is 0 Å². The van der Waals surface area contributed by atoms with Crippen LogP contribution in [-0.2, 0) is 15.0 Å². The van der Waals surface area contributed by atoms with Gasteiger partial charge in [0.2, 0.25) is 0 Å². The number of hydrogen-bond donors (Lipinski definition) is 1. The van der Waals surface area contributed by atoms with Crippen molar-refractivity contribution < 1.29 is 19.4 Å². The second-order valence-electron chi connectivity index (χ2n) is 9.76. The number of anilines is 1. The van der Waals surface area contributed by atoms with Gasteiger partial charge in [0.25, 0.3) is 11.7 Å². The van der Waals surface area contributed by atoms with Gasteiger partial charge in [0, 0.05) is 16.8 Å². The number of carbonyl (C=O) groups excluding carboxylic acids is 2. The predicted octanol–water partition coefficient (Wildman–Crippen LogP) is 6.32. The van der Waals surface area contributed by atoms with Crippen LogP contribution in [0.3, 0.4) is 0 Å². The molecule has 35 heavy (non-hydrogen) atoms. The molecule has 5 heteroatoms. The molecule has 0 saturated carbocycles. The SMILES string of the molecule is CCOc1ccc(/C(O)=C2/C(=O)C(=O)N(c3ccccc3C)C2c2ccccc2)cc1C(C)(C)C. The normalized spacial score (nSPS) is 17.6. The Morgan fingerprint density at radius 3 is 2.26 bits per heavy atom. The molecule has 180 valence electrons. The van der Waals surface area contributed by atoms with E-state index >= 15 is 0 Å². The van der Waals surface area contributed by atoms with Gasteiger partial charge in [0.1, 0.15) is 11.5 Å². The van der Waals surface area contributed by atoms with Crippen LogP contribution in [-0.4, -0.2) is 23.4 Å². The van der Waals surface area contributed by atoms with Crippen LogP contribution in [0.25, 0.3) is 5.76 Å². The molecule has 1 unspecified atom stereocenters. The van der Waals surface area contributed by atoms with Crippen molar-refractivity contribution in [2.45, 2.75) is 46.1 Å². The molecule has 0 spiro atoms. The zero-order chi connectivity index (χ0) is 25.3. The Bertz CT molecular complexity index is 1300. The Hall–Kier alpha value is -3.86. The number of aryl methyl sites for hydroxylation is 1. The smallest absolute Gasteiger partial charge is 0.300 e. The number of hydrogen-bond acceptors (Lipinski definition) is 4. The van der Waals surface area contributed by atoms with Crippen LogP contribution in [0.5, 0.6) is 5.75 Å². The summed E-state index contributed by atoms with van der Waals surface area (Å²) in [7, 11) is 0. The molecule has 1 amide bonds. The van der Waals surface area contributed by atoms with E-state index in [1.165, 1.54) is 4.90 Å². The number of Topliss-reactive ketones (excluding diaryl/α,β-unsaturated/α-hetero) is 1. The Balaban J connectivity index is 1.95. The minimum atomic E-state index is -0.748. The fourth-order valence-electron chi connectivity index (χ4n) is 4.57. The molecule has 1 aliphatic heterocycles. The maximum absolute atomic E-state index is 13.4. The number of amides is 1. The van der Waals surface area contributed by atoms with Crippen LogP contribution in [0.4, 0.5) is 5.69 Å². The maximum atomic E-state index is 13.4. The van der Waals surface area contributed by atoms with Crippen LogP contribution in [0, 0.1) is 6.92 Å². The van der Waals surface area contributed by atoms with Gasteiger partial charge in [-0.3, -0.25) is 14.5 Å². The van der Waals surface area contributed by atoms with Crippen molar-refractivity contribution in [1.82, 2.24) is 0 Å². The molecule has 3 aromatic rings. The van der Waals surface area contributed by atoms with E-state index in [1.54, 1.807) is 6.07 Å². The average molecular weight is 470 g/mol. The molecule has 3 aromatic carbocycles. The molecule has 4 rings (SSSR count). The number of aliphatic hydroxyl groups excluding tert-OH is 1. The molecule has 1 heterocycles. The summed E-state index contributed by atoms with van der Waals surface area (Å²) in [5.74, 6) is -0.819. The van der Waals surface area contributed by atoms with Crippen molar-refractivity contribution in [3.05, 3.63) is 101 Å². The van der Waals surface area contributed by atoms with E-state index in [9.17, 15) is 14.7 Å². The van der Waals surface area contributed by atoms with E-state index in [1.807, 2.05) is 80.6 Å². The van der Waals surface area contributed by atoms with Gasteiger partial charge < -0.3 is 9.84 Å². The molecule has 1 saturated heterocycles. The van der Waals surface area contributed by atoms with E-state index in [4.69, 9.17) is 4.74 Å². The highest BCUT2D eigenvalue weighted by Crippen LogP contribution is 2.43. The highest BCUT2D eigenvalue weighted by molar-refractivity contribution is 6.51. The molecule has 1 aliphatic rings. The number of ketones is 1. The number of benzene rings is 3. The zero-order valence-electron chi connectivity index (χ0n) is 20.8. The molecule has 0 bridgehead atoms. The first-order valence-corrected chi connectivity index (χ1v) is 11.8. The van der Waals surface area contributed by atoms with Gasteiger partial charge in [-0.2, -0.15) is 0 Å². The van der Waals surface area contributed by atoms with E-state index in [2.05, 4.69) is 20.8 Å². The number of carbonyl (C=O) groups is 2. The molecule has 1 atom stereocenters. The summed E-state index contributed by atoms with van der Waals surface area (Å²) in [6, 6.07) is 21.5. The molecular weight excluding hydrogens is 438 g/mol. The Labute approximate surface area is 206 Å². The van der Waals surface area contributed by atoms with Crippen LogP contribution in [0.15, 0.2) is 78.4 Å². The Morgan fingerprint density at radius 2 is 1.63 bits per heavy atom. The van der Waals surface area contributed by atoms with Gasteiger partial charge in [0.15, 0.2) is 0 Å². The van der Waals surface area contributed by atoms with Gasteiger partial charge in [-0.15, -0.1) is 0 Å². The van der Waals surface area contributed by atoms with Crippen molar-refractivity contribution in [1.29, 1.82) is 0 Å². The highest BCUT2D eigenvalue weighted by atomic mass is 16.5. The maximum Gasteiger partial charge on any atom is 0.300 e. The number of nitrogens with zero attached hydrogens (tertiary/aromatic N) is 1. The first-order chi connectivity index (χ1) is 16.6. The lowest BCUT2D eigenvalue weighted by atomic mass is 9.84. The Morgan fingerprint density at radius 1 is 0.971 bits per heavy atom. The van der Waals surface area contributed by atoms with Gasteiger partial charge >= 0.3 is 0 Å². The quantitative estimate of drug-likeness (QED) is 0.270. The number of ether oxygens (including phenoxy) is 1. The van der Waals surface area contributed by atoms with Crippen molar-refractivity contribution >= 4 is 23.1 Å². The minimum Gasteiger partial charge on any atom is -0.507 e. The average Bonchev–Trinajstić information content (AvgIpc) is 3.09. The topological polar surface area (TPSA) is 66.8 Å². The third-order valence-electron chi connectivity index (χ3n) is 6.30.